The number of carbonyl (C=O) groups excluding carboxylic acids is 3. The monoisotopic (exact) mass is 590 g/mol. The summed E-state index contributed by atoms with van der Waals surface area (Å²) >= 11 is 3.33. The van der Waals surface area contributed by atoms with Crippen molar-refractivity contribution in [3.8, 4) is 0 Å². The topological polar surface area (TPSA) is 101 Å². The molecule has 0 aliphatic rings. The summed E-state index contributed by atoms with van der Waals surface area (Å²) in [6.07, 6.45) is 1.86. The third kappa shape index (κ3) is 7.78. The van der Waals surface area contributed by atoms with Crippen molar-refractivity contribution in [2.45, 2.75) is 0 Å². The molecule has 0 saturated carbocycles. The smallest absolute Gasteiger partial charge is 0.411 e. The fourth-order valence-electron chi connectivity index (χ4n) is 3.76. The lowest BCUT2D eigenvalue weighted by Gasteiger charge is -2.24. The molecule has 0 radical (unpaired) electrons. The van der Waals surface area contributed by atoms with E-state index < -0.39 is 12.2 Å². The highest BCUT2D eigenvalue weighted by Crippen LogP contribution is 2.20. The number of likely N-dealkylation sites (N-methyl/N-ethyl adjacent to an activating group) is 1. The number of pyridine rings is 1. The van der Waals surface area contributed by atoms with Crippen LogP contribution in [0.15, 0.2) is 95.7 Å². The van der Waals surface area contributed by atoms with Gasteiger partial charge in [-0.05, 0) is 57.0 Å². The van der Waals surface area contributed by atoms with Gasteiger partial charge in [0.2, 0.25) is 0 Å². The Morgan fingerprint density at radius 3 is 2.33 bits per heavy atom. The molecular formula is C29H27BrN4O5. The number of ether oxygens (including phenoxy) is 2. The molecule has 4 aromatic rings. The molecule has 0 unspecified atom stereocenters. The van der Waals surface area contributed by atoms with E-state index in [2.05, 4.69) is 26.2 Å². The molecule has 0 aliphatic carbocycles. The zero-order valence-electron chi connectivity index (χ0n) is 21.2. The zero-order valence-corrected chi connectivity index (χ0v) is 22.8. The van der Waals surface area contributed by atoms with Gasteiger partial charge in [0.1, 0.15) is 13.2 Å². The molecule has 0 saturated heterocycles. The Balaban J connectivity index is 1.24. The van der Waals surface area contributed by atoms with Crippen LogP contribution in [0.25, 0.3) is 10.8 Å². The van der Waals surface area contributed by atoms with Gasteiger partial charge in [0, 0.05) is 35.3 Å². The predicted molar refractivity (Wildman–Crippen MR) is 153 cm³/mol. The summed E-state index contributed by atoms with van der Waals surface area (Å²) in [4.78, 5) is 44.7. The van der Waals surface area contributed by atoms with Crippen LogP contribution in [-0.2, 0) is 9.47 Å². The van der Waals surface area contributed by atoms with Gasteiger partial charge >= 0.3 is 12.2 Å². The molecule has 3 amide bonds. The van der Waals surface area contributed by atoms with E-state index in [-0.39, 0.29) is 32.2 Å². The fraction of sp³-hybridized carbons (Fsp3) is 0.172. The summed E-state index contributed by atoms with van der Waals surface area (Å²) in [7, 11) is 1.54. The van der Waals surface area contributed by atoms with Gasteiger partial charge in [-0.25, -0.2) is 9.59 Å². The maximum Gasteiger partial charge on any atom is 0.411 e. The van der Waals surface area contributed by atoms with Crippen LogP contribution in [0.4, 0.5) is 21.0 Å². The van der Waals surface area contributed by atoms with Crippen molar-refractivity contribution in [1.29, 1.82) is 0 Å². The molecule has 200 valence electrons. The second-order valence-corrected chi connectivity index (χ2v) is 9.46. The first-order valence-corrected chi connectivity index (χ1v) is 13.0. The number of halogens is 1. The Bertz CT molecular complexity index is 1450. The van der Waals surface area contributed by atoms with E-state index in [1.807, 2.05) is 54.6 Å². The number of carbonyl (C=O) groups is 3. The lowest BCUT2D eigenvalue weighted by Crippen LogP contribution is -2.37. The first-order chi connectivity index (χ1) is 18.9. The minimum Gasteiger partial charge on any atom is -0.448 e. The molecule has 39 heavy (non-hydrogen) atoms. The third-order valence-corrected chi connectivity index (χ3v) is 6.21. The van der Waals surface area contributed by atoms with E-state index in [9.17, 15) is 14.4 Å². The van der Waals surface area contributed by atoms with E-state index in [4.69, 9.17) is 9.47 Å². The number of nitrogens with one attached hydrogen (secondary N) is 1. The van der Waals surface area contributed by atoms with Crippen molar-refractivity contribution >= 4 is 56.2 Å². The molecule has 4 rings (SSSR count). The number of para-hydroxylation sites is 1. The van der Waals surface area contributed by atoms with Crippen molar-refractivity contribution in [3.05, 3.63) is 101 Å². The molecule has 9 nitrogen and oxygen atoms in total. The predicted octanol–water partition coefficient (Wildman–Crippen LogP) is 5.96. The number of aromatic nitrogens is 1. The van der Waals surface area contributed by atoms with E-state index in [1.54, 1.807) is 37.5 Å². The van der Waals surface area contributed by atoms with Gasteiger partial charge in [0.05, 0.1) is 18.7 Å². The second kappa shape index (κ2) is 13.4. The molecule has 0 spiro atoms. The molecule has 0 atom stereocenters. The zero-order chi connectivity index (χ0) is 27.6. The van der Waals surface area contributed by atoms with Crippen LogP contribution in [0.5, 0.6) is 0 Å². The van der Waals surface area contributed by atoms with Crippen LogP contribution >= 0.6 is 15.9 Å². The Morgan fingerprint density at radius 2 is 1.56 bits per heavy atom. The lowest BCUT2D eigenvalue weighted by molar-refractivity contribution is 0.0927. The van der Waals surface area contributed by atoms with Crippen molar-refractivity contribution in [2.75, 3.05) is 43.6 Å². The lowest BCUT2D eigenvalue weighted by atomic mass is 10.1. The number of hydrogen-bond acceptors (Lipinski definition) is 6. The van der Waals surface area contributed by atoms with E-state index >= 15 is 0 Å². The van der Waals surface area contributed by atoms with Crippen molar-refractivity contribution in [2.24, 2.45) is 0 Å². The van der Waals surface area contributed by atoms with E-state index in [0.29, 0.717) is 21.4 Å². The maximum atomic E-state index is 13.2. The summed E-state index contributed by atoms with van der Waals surface area (Å²) in [5.41, 5.74) is 1.68. The van der Waals surface area contributed by atoms with Gasteiger partial charge in [-0.1, -0.05) is 48.5 Å². The second-order valence-electron chi connectivity index (χ2n) is 8.54. The van der Waals surface area contributed by atoms with Gasteiger partial charge in [0.15, 0.2) is 0 Å². The first kappa shape index (κ1) is 27.6. The summed E-state index contributed by atoms with van der Waals surface area (Å²) in [6.45, 7) is 0.221. The number of rotatable bonds is 9. The van der Waals surface area contributed by atoms with Crippen molar-refractivity contribution < 1.29 is 23.9 Å². The molecule has 1 heterocycles. The molecule has 3 aromatic carbocycles. The summed E-state index contributed by atoms with van der Waals surface area (Å²) < 4.78 is 11.3. The van der Waals surface area contributed by atoms with Gasteiger partial charge in [-0.2, -0.15) is 0 Å². The van der Waals surface area contributed by atoms with Crippen LogP contribution in [0.2, 0.25) is 0 Å². The molecule has 0 aliphatic heterocycles. The number of anilines is 2. The average molecular weight is 591 g/mol. The SMILES string of the molecule is CN(CCOC(=O)Nc1ccc2ccccc2c1)C(=O)OCCN(C(=O)c1cncc(Br)c1)c1ccccc1. The molecular weight excluding hydrogens is 564 g/mol. The normalized spacial score (nSPS) is 10.5. The van der Waals surface area contributed by atoms with E-state index in [1.165, 1.54) is 16.0 Å². The number of fused-ring (bicyclic) bond motifs is 1. The summed E-state index contributed by atoms with van der Waals surface area (Å²) in [5.74, 6) is -0.273. The van der Waals surface area contributed by atoms with Gasteiger partial charge in [-0.3, -0.25) is 15.1 Å². The standard InChI is InChI=1S/C29H27BrN4O5/c1-33(13-15-38-28(36)32-25-12-11-21-7-5-6-8-22(21)18-25)29(37)39-16-14-34(26-9-3-2-4-10-26)27(35)23-17-24(30)20-31-19-23/h2-12,17-20H,13-16H2,1H3,(H,32,36). The highest BCUT2D eigenvalue weighted by Gasteiger charge is 2.20. The van der Waals surface area contributed by atoms with Crippen molar-refractivity contribution in [1.82, 2.24) is 9.88 Å². The van der Waals surface area contributed by atoms with Crippen molar-refractivity contribution in [3.63, 3.8) is 0 Å². The quantitative estimate of drug-likeness (QED) is 0.258. The Kier molecular flexibility index (Phi) is 9.47. The van der Waals surface area contributed by atoms with Crippen LogP contribution in [0.1, 0.15) is 10.4 Å². The number of hydrogen-bond donors (Lipinski definition) is 1. The minimum atomic E-state index is -0.619. The van der Waals surface area contributed by atoms with E-state index in [0.717, 1.165) is 10.8 Å². The van der Waals surface area contributed by atoms with Gasteiger partial charge < -0.3 is 19.3 Å². The molecule has 1 N–H and O–H groups in total. The van der Waals surface area contributed by atoms with Gasteiger partial charge in [0.25, 0.3) is 5.91 Å². The van der Waals surface area contributed by atoms with Crippen LogP contribution in [0, 0.1) is 0 Å². The largest absolute Gasteiger partial charge is 0.448 e. The van der Waals surface area contributed by atoms with Crippen LogP contribution in [-0.4, -0.2) is 61.3 Å². The fourth-order valence-corrected chi connectivity index (χ4v) is 4.13. The summed E-state index contributed by atoms with van der Waals surface area (Å²) in [5, 5.41) is 4.75. The highest BCUT2D eigenvalue weighted by atomic mass is 79.9. The average Bonchev–Trinajstić information content (AvgIpc) is 2.95. The highest BCUT2D eigenvalue weighted by molar-refractivity contribution is 9.10. The first-order valence-electron chi connectivity index (χ1n) is 12.2. The van der Waals surface area contributed by atoms with Crippen LogP contribution in [0.3, 0.4) is 0 Å². The van der Waals surface area contributed by atoms with Gasteiger partial charge in [-0.15, -0.1) is 0 Å². The van der Waals surface area contributed by atoms with Crippen LogP contribution < -0.4 is 10.2 Å². The number of nitrogens with zero attached hydrogens (tertiary/aromatic N) is 3. The number of amides is 3. The Labute approximate surface area is 234 Å². The minimum absolute atomic E-state index is 0.0183. The molecule has 10 heteroatoms. The maximum absolute atomic E-state index is 13.2. The molecule has 1 aromatic heterocycles. The molecule has 0 bridgehead atoms. The Hall–Kier alpha value is -4.44. The Morgan fingerprint density at radius 1 is 0.846 bits per heavy atom. The third-order valence-electron chi connectivity index (χ3n) is 5.77. The summed E-state index contributed by atoms with van der Waals surface area (Å²) in [6, 6.07) is 24.2. The number of benzene rings is 3. The molecule has 0 fully saturated rings.